The fourth-order valence-corrected chi connectivity index (χ4v) is 2.35. The zero-order valence-electron chi connectivity index (χ0n) is 10.1. The normalized spacial score (nSPS) is 15.5. The summed E-state index contributed by atoms with van der Waals surface area (Å²) in [5.41, 5.74) is 0. The lowest BCUT2D eigenvalue weighted by Crippen LogP contribution is -2.31. The molecule has 1 amide bonds. The number of aromatic nitrogens is 3. The Kier molecular flexibility index (Phi) is 3.93. The number of carbonyl (C=O) groups is 1. The van der Waals surface area contributed by atoms with E-state index >= 15 is 0 Å². The van der Waals surface area contributed by atoms with Crippen LogP contribution in [0.1, 0.15) is 32.0 Å². The van der Waals surface area contributed by atoms with Crippen molar-refractivity contribution in [2.24, 2.45) is 0 Å². The summed E-state index contributed by atoms with van der Waals surface area (Å²) in [7, 11) is 0. The van der Waals surface area contributed by atoms with E-state index in [9.17, 15) is 4.79 Å². The van der Waals surface area contributed by atoms with Crippen molar-refractivity contribution < 1.29 is 4.79 Å². The molecule has 1 aliphatic heterocycles. The monoisotopic (exact) mass is 254 g/mol. The largest absolute Gasteiger partial charge is 0.341 e. The summed E-state index contributed by atoms with van der Waals surface area (Å²) in [6, 6.07) is 0. The van der Waals surface area contributed by atoms with Crippen LogP contribution in [0.3, 0.4) is 0 Å². The molecule has 0 spiro atoms. The predicted octanol–water partition coefficient (Wildman–Crippen LogP) is 1.52. The Hall–Kier alpha value is -1.17. The van der Waals surface area contributed by atoms with Crippen molar-refractivity contribution in [2.75, 3.05) is 13.1 Å². The van der Waals surface area contributed by atoms with Crippen LogP contribution < -0.4 is 0 Å². The van der Waals surface area contributed by atoms with Gasteiger partial charge in [-0.15, -0.1) is 0 Å². The van der Waals surface area contributed by atoms with Crippen LogP contribution in [-0.4, -0.2) is 38.7 Å². The summed E-state index contributed by atoms with van der Waals surface area (Å²) in [5, 5.41) is 6.92. The van der Waals surface area contributed by atoms with E-state index in [1.807, 2.05) is 9.47 Å². The van der Waals surface area contributed by atoms with Crippen molar-refractivity contribution in [2.45, 2.75) is 39.2 Å². The molecular weight excluding hydrogens is 236 g/mol. The number of hydrogen-bond donors (Lipinski definition) is 1. The van der Waals surface area contributed by atoms with E-state index in [-0.39, 0.29) is 5.91 Å². The lowest BCUT2D eigenvalue weighted by molar-refractivity contribution is -0.130. The fourth-order valence-electron chi connectivity index (χ4n) is 2.13. The van der Waals surface area contributed by atoms with Crippen LogP contribution in [0.2, 0.25) is 0 Å². The Bertz CT molecular complexity index is 445. The van der Waals surface area contributed by atoms with Gasteiger partial charge in [-0.25, -0.2) is 0 Å². The Morgan fingerprint density at radius 1 is 1.47 bits per heavy atom. The van der Waals surface area contributed by atoms with Gasteiger partial charge in [0.2, 0.25) is 5.91 Å². The van der Waals surface area contributed by atoms with Crippen molar-refractivity contribution in [3.05, 3.63) is 10.6 Å². The second-order valence-electron chi connectivity index (χ2n) is 4.37. The second-order valence-corrected chi connectivity index (χ2v) is 4.76. The SMILES string of the molecule is CCCc1n[nH]c(=S)n1CC(=O)N1CCCC1. The van der Waals surface area contributed by atoms with Gasteiger partial charge in [0.05, 0.1) is 0 Å². The van der Waals surface area contributed by atoms with Crippen molar-refractivity contribution in [3.8, 4) is 0 Å². The molecule has 0 radical (unpaired) electrons. The second kappa shape index (κ2) is 5.44. The van der Waals surface area contributed by atoms with E-state index in [1.165, 1.54) is 0 Å². The highest BCUT2D eigenvalue weighted by atomic mass is 32.1. The summed E-state index contributed by atoms with van der Waals surface area (Å²) in [6.45, 7) is 4.18. The fraction of sp³-hybridized carbons (Fsp3) is 0.727. The van der Waals surface area contributed by atoms with Crippen molar-refractivity contribution >= 4 is 18.1 Å². The molecule has 1 aromatic heterocycles. The van der Waals surface area contributed by atoms with Gasteiger partial charge in [-0.3, -0.25) is 14.5 Å². The van der Waals surface area contributed by atoms with Crippen LogP contribution in [0.5, 0.6) is 0 Å². The molecule has 0 saturated carbocycles. The van der Waals surface area contributed by atoms with Gasteiger partial charge in [-0.05, 0) is 31.5 Å². The number of nitrogens with one attached hydrogen (secondary N) is 1. The summed E-state index contributed by atoms with van der Waals surface area (Å²) in [6.07, 6.45) is 4.08. The van der Waals surface area contributed by atoms with Gasteiger partial charge < -0.3 is 4.90 Å². The number of nitrogens with zero attached hydrogens (tertiary/aromatic N) is 3. The molecule has 1 fully saturated rings. The summed E-state index contributed by atoms with van der Waals surface area (Å²) >= 11 is 5.15. The Balaban J connectivity index is 2.09. The molecule has 17 heavy (non-hydrogen) atoms. The highest BCUT2D eigenvalue weighted by molar-refractivity contribution is 7.71. The van der Waals surface area contributed by atoms with Crippen LogP contribution in [0.15, 0.2) is 0 Å². The lowest BCUT2D eigenvalue weighted by atomic mass is 10.3. The first-order valence-electron chi connectivity index (χ1n) is 6.14. The van der Waals surface area contributed by atoms with Crippen molar-refractivity contribution in [1.29, 1.82) is 0 Å². The maximum Gasteiger partial charge on any atom is 0.242 e. The molecule has 1 saturated heterocycles. The first-order valence-corrected chi connectivity index (χ1v) is 6.55. The molecule has 6 heteroatoms. The van der Waals surface area contributed by atoms with Gasteiger partial charge in [0.1, 0.15) is 12.4 Å². The quantitative estimate of drug-likeness (QED) is 0.829. The van der Waals surface area contributed by atoms with Gasteiger partial charge in [-0.1, -0.05) is 6.92 Å². The molecule has 0 atom stereocenters. The Morgan fingerprint density at radius 3 is 2.82 bits per heavy atom. The minimum atomic E-state index is 0.150. The van der Waals surface area contributed by atoms with Gasteiger partial charge in [0, 0.05) is 19.5 Å². The van der Waals surface area contributed by atoms with Crippen LogP contribution in [0.25, 0.3) is 0 Å². The number of amides is 1. The average molecular weight is 254 g/mol. The van der Waals surface area contributed by atoms with Crippen LogP contribution in [0, 0.1) is 4.77 Å². The van der Waals surface area contributed by atoms with Gasteiger partial charge >= 0.3 is 0 Å². The summed E-state index contributed by atoms with van der Waals surface area (Å²) in [4.78, 5) is 13.9. The molecule has 2 heterocycles. The summed E-state index contributed by atoms with van der Waals surface area (Å²) < 4.78 is 2.36. The molecule has 94 valence electrons. The molecule has 0 bridgehead atoms. The van der Waals surface area contributed by atoms with E-state index < -0.39 is 0 Å². The predicted molar refractivity (Wildman–Crippen MR) is 67.2 cm³/mol. The zero-order chi connectivity index (χ0) is 12.3. The minimum Gasteiger partial charge on any atom is -0.341 e. The van der Waals surface area contributed by atoms with Crippen LogP contribution in [-0.2, 0) is 17.8 Å². The molecular formula is C11H18N4OS. The third-order valence-electron chi connectivity index (χ3n) is 3.06. The molecule has 1 aliphatic rings. The maximum absolute atomic E-state index is 12.0. The summed E-state index contributed by atoms with van der Waals surface area (Å²) in [5.74, 6) is 1.03. The van der Waals surface area contributed by atoms with E-state index in [1.54, 1.807) is 0 Å². The molecule has 0 aliphatic carbocycles. The lowest BCUT2D eigenvalue weighted by Gasteiger charge is -2.15. The first kappa shape index (κ1) is 12.3. The number of likely N-dealkylation sites (tertiary alicyclic amines) is 1. The number of rotatable bonds is 4. The Labute approximate surface area is 106 Å². The first-order chi connectivity index (χ1) is 8.22. The smallest absolute Gasteiger partial charge is 0.242 e. The topological polar surface area (TPSA) is 53.9 Å². The van der Waals surface area contributed by atoms with Crippen molar-refractivity contribution in [1.82, 2.24) is 19.7 Å². The molecule has 0 aromatic carbocycles. The molecule has 1 aromatic rings. The van der Waals surface area contributed by atoms with Gasteiger partial charge in [0.15, 0.2) is 4.77 Å². The van der Waals surface area contributed by atoms with E-state index in [4.69, 9.17) is 12.2 Å². The van der Waals surface area contributed by atoms with Gasteiger partial charge in [-0.2, -0.15) is 5.10 Å². The van der Waals surface area contributed by atoms with Gasteiger partial charge in [0.25, 0.3) is 0 Å². The van der Waals surface area contributed by atoms with Crippen LogP contribution >= 0.6 is 12.2 Å². The van der Waals surface area contributed by atoms with E-state index in [2.05, 4.69) is 17.1 Å². The average Bonchev–Trinajstić information content (AvgIpc) is 2.93. The Morgan fingerprint density at radius 2 is 2.18 bits per heavy atom. The maximum atomic E-state index is 12.0. The van der Waals surface area contributed by atoms with E-state index in [0.717, 1.165) is 44.6 Å². The molecule has 1 N–H and O–H groups in total. The highest BCUT2D eigenvalue weighted by Crippen LogP contribution is 2.09. The van der Waals surface area contributed by atoms with Crippen molar-refractivity contribution in [3.63, 3.8) is 0 Å². The third kappa shape index (κ3) is 2.74. The number of aryl methyl sites for hydroxylation is 1. The number of aromatic amines is 1. The minimum absolute atomic E-state index is 0.150. The van der Waals surface area contributed by atoms with E-state index in [0.29, 0.717) is 11.3 Å². The molecule has 5 nitrogen and oxygen atoms in total. The molecule has 2 rings (SSSR count). The number of H-pyrrole nitrogens is 1. The third-order valence-corrected chi connectivity index (χ3v) is 3.37. The highest BCUT2D eigenvalue weighted by Gasteiger charge is 2.19. The number of carbonyl (C=O) groups excluding carboxylic acids is 1. The number of hydrogen-bond acceptors (Lipinski definition) is 3. The van der Waals surface area contributed by atoms with Crippen LogP contribution in [0.4, 0.5) is 0 Å². The standard InChI is InChI=1S/C11H18N4OS/c1-2-5-9-12-13-11(17)15(9)8-10(16)14-6-3-4-7-14/h2-8H2,1H3,(H,13,17). The molecule has 0 unspecified atom stereocenters. The zero-order valence-corrected chi connectivity index (χ0v) is 10.9.